The van der Waals surface area contributed by atoms with Crippen molar-refractivity contribution < 1.29 is 9.53 Å². The maximum absolute atomic E-state index is 13.4. The lowest BCUT2D eigenvalue weighted by molar-refractivity contribution is 0.103. The van der Waals surface area contributed by atoms with Gasteiger partial charge in [-0.1, -0.05) is 29.8 Å². The summed E-state index contributed by atoms with van der Waals surface area (Å²) in [6.45, 7) is 5.70. The van der Waals surface area contributed by atoms with E-state index in [9.17, 15) is 4.79 Å². The van der Waals surface area contributed by atoms with Crippen LogP contribution in [-0.2, 0) is 0 Å². The number of fused-ring (bicyclic) bond motifs is 1. The third kappa shape index (κ3) is 4.21. The molecule has 0 aliphatic carbocycles. The number of aromatic nitrogens is 1. The van der Waals surface area contributed by atoms with Crippen LogP contribution in [0.3, 0.4) is 0 Å². The van der Waals surface area contributed by atoms with Crippen LogP contribution in [0.25, 0.3) is 10.9 Å². The fourth-order valence-corrected chi connectivity index (χ4v) is 3.68. The molecule has 6 heteroatoms. The molecule has 0 N–H and O–H groups in total. The molecule has 3 aromatic rings. The Balaban J connectivity index is 0.00000240. The van der Waals surface area contributed by atoms with E-state index in [2.05, 4.69) is 21.8 Å². The normalized spacial score (nSPS) is 14.5. The first-order valence-corrected chi connectivity index (χ1v) is 9.58. The van der Waals surface area contributed by atoms with Crippen LogP contribution in [0.5, 0.6) is 5.75 Å². The van der Waals surface area contributed by atoms with Crippen LogP contribution in [0, 0.1) is 6.92 Å². The topological polar surface area (TPSA) is 45.7 Å². The van der Waals surface area contributed by atoms with Crippen LogP contribution < -0.4 is 9.64 Å². The predicted molar refractivity (Wildman–Crippen MR) is 120 cm³/mol. The van der Waals surface area contributed by atoms with Crippen LogP contribution >= 0.6 is 12.4 Å². The van der Waals surface area contributed by atoms with Gasteiger partial charge in [-0.25, -0.2) is 0 Å². The van der Waals surface area contributed by atoms with Gasteiger partial charge < -0.3 is 14.5 Å². The average molecular weight is 412 g/mol. The maximum atomic E-state index is 13.4. The largest absolute Gasteiger partial charge is 0.497 e. The Kier molecular flexibility index (Phi) is 6.40. The Morgan fingerprint density at radius 3 is 2.38 bits per heavy atom. The first kappa shape index (κ1) is 21.1. The van der Waals surface area contributed by atoms with Crippen LogP contribution in [0.4, 0.5) is 5.69 Å². The highest BCUT2D eigenvalue weighted by Crippen LogP contribution is 2.34. The van der Waals surface area contributed by atoms with E-state index in [-0.39, 0.29) is 18.2 Å². The number of hydrogen-bond donors (Lipinski definition) is 0. The molecule has 152 valence electrons. The number of halogens is 1. The summed E-state index contributed by atoms with van der Waals surface area (Å²) in [4.78, 5) is 22.6. The van der Waals surface area contributed by atoms with E-state index < -0.39 is 0 Å². The van der Waals surface area contributed by atoms with Crippen molar-refractivity contribution in [3.63, 3.8) is 0 Å². The second-order valence-electron chi connectivity index (χ2n) is 7.39. The summed E-state index contributed by atoms with van der Waals surface area (Å²) < 4.78 is 5.44. The van der Waals surface area contributed by atoms with E-state index in [1.807, 2.05) is 49.4 Å². The number of nitrogens with zero attached hydrogens (tertiary/aromatic N) is 3. The number of benzene rings is 2. The molecule has 0 atom stereocenters. The minimum Gasteiger partial charge on any atom is -0.497 e. The number of hydrogen-bond acceptors (Lipinski definition) is 5. The lowest BCUT2D eigenvalue weighted by Gasteiger charge is -2.35. The van der Waals surface area contributed by atoms with Gasteiger partial charge in [0, 0.05) is 43.3 Å². The first-order valence-electron chi connectivity index (χ1n) is 9.58. The third-order valence-corrected chi connectivity index (χ3v) is 5.42. The molecule has 0 unspecified atom stereocenters. The van der Waals surface area contributed by atoms with Gasteiger partial charge in [-0.05, 0) is 32.2 Å². The number of ether oxygens (including phenoxy) is 1. The van der Waals surface area contributed by atoms with Crippen molar-refractivity contribution >= 4 is 34.8 Å². The summed E-state index contributed by atoms with van der Waals surface area (Å²) in [5, 5.41) is 0.960. The molecule has 0 saturated carbocycles. The summed E-state index contributed by atoms with van der Waals surface area (Å²) in [5.41, 5.74) is 4.30. The summed E-state index contributed by atoms with van der Waals surface area (Å²) in [6.07, 6.45) is 1.73. The van der Waals surface area contributed by atoms with E-state index in [1.165, 1.54) is 0 Å². The second kappa shape index (κ2) is 8.80. The van der Waals surface area contributed by atoms with Crippen molar-refractivity contribution in [3.8, 4) is 5.75 Å². The Bertz CT molecular complexity index is 1010. The Labute approximate surface area is 177 Å². The molecule has 29 heavy (non-hydrogen) atoms. The molecule has 0 bridgehead atoms. The zero-order valence-corrected chi connectivity index (χ0v) is 17.8. The van der Waals surface area contributed by atoms with Crippen LogP contribution in [0.15, 0.2) is 48.7 Å². The van der Waals surface area contributed by atoms with Gasteiger partial charge in [0.1, 0.15) is 5.75 Å². The van der Waals surface area contributed by atoms with Crippen LogP contribution in [0.2, 0.25) is 0 Å². The van der Waals surface area contributed by atoms with Crippen molar-refractivity contribution in [2.24, 2.45) is 0 Å². The maximum Gasteiger partial charge on any atom is 0.196 e. The fraction of sp³-hybridized carbons (Fsp3) is 0.304. The quantitative estimate of drug-likeness (QED) is 0.608. The minimum absolute atomic E-state index is 0. The molecule has 1 fully saturated rings. The number of pyridine rings is 1. The number of anilines is 1. The highest BCUT2D eigenvalue weighted by molar-refractivity contribution is 6.16. The number of piperazine rings is 1. The number of aryl methyl sites for hydroxylation is 1. The van der Waals surface area contributed by atoms with Gasteiger partial charge in [-0.2, -0.15) is 0 Å². The number of ketones is 1. The molecular weight excluding hydrogens is 386 g/mol. The SMILES string of the molecule is COc1ccc2ncc(C(=O)c3ccc(C)cc3)c(N3CCN(C)CC3)c2c1.Cl. The molecule has 1 aliphatic heterocycles. The van der Waals surface area contributed by atoms with Gasteiger partial charge in [0.05, 0.1) is 23.9 Å². The highest BCUT2D eigenvalue weighted by Gasteiger charge is 2.24. The summed E-state index contributed by atoms with van der Waals surface area (Å²) in [5.74, 6) is 0.774. The van der Waals surface area contributed by atoms with Gasteiger partial charge in [0.15, 0.2) is 5.78 Å². The molecule has 1 aromatic heterocycles. The summed E-state index contributed by atoms with van der Waals surface area (Å²) in [7, 11) is 3.79. The number of carbonyl (C=O) groups excluding carboxylic acids is 1. The molecule has 1 aliphatic rings. The van der Waals surface area contributed by atoms with Gasteiger partial charge in [0.25, 0.3) is 0 Å². The van der Waals surface area contributed by atoms with Crippen molar-refractivity contribution in [3.05, 3.63) is 65.4 Å². The van der Waals surface area contributed by atoms with Crippen molar-refractivity contribution in [2.75, 3.05) is 45.2 Å². The zero-order chi connectivity index (χ0) is 19.7. The molecule has 0 radical (unpaired) electrons. The van der Waals surface area contributed by atoms with Gasteiger partial charge in [-0.15, -0.1) is 12.4 Å². The van der Waals surface area contributed by atoms with E-state index in [1.54, 1.807) is 13.3 Å². The first-order chi connectivity index (χ1) is 13.6. The lowest BCUT2D eigenvalue weighted by atomic mass is 9.98. The summed E-state index contributed by atoms with van der Waals surface area (Å²) >= 11 is 0. The Morgan fingerprint density at radius 1 is 1.03 bits per heavy atom. The molecule has 2 heterocycles. The Hall–Kier alpha value is -2.63. The van der Waals surface area contributed by atoms with E-state index >= 15 is 0 Å². The van der Waals surface area contributed by atoms with Crippen molar-refractivity contribution in [1.29, 1.82) is 0 Å². The van der Waals surface area contributed by atoms with Crippen molar-refractivity contribution in [2.45, 2.75) is 6.92 Å². The second-order valence-corrected chi connectivity index (χ2v) is 7.39. The fourth-order valence-electron chi connectivity index (χ4n) is 3.68. The molecule has 1 saturated heterocycles. The predicted octanol–water partition coefficient (Wildman–Crippen LogP) is 3.96. The molecule has 5 nitrogen and oxygen atoms in total. The van der Waals surface area contributed by atoms with E-state index in [0.717, 1.165) is 54.1 Å². The van der Waals surface area contributed by atoms with E-state index in [4.69, 9.17) is 4.74 Å². The number of rotatable bonds is 4. The number of likely N-dealkylation sites (N-methyl/N-ethyl adjacent to an activating group) is 1. The summed E-state index contributed by atoms with van der Waals surface area (Å²) in [6, 6.07) is 13.6. The van der Waals surface area contributed by atoms with E-state index in [0.29, 0.717) is 11.1 Å². The smallest absolute Gasteiger partial charge is 0.196 e. The monoisotopic (exact) mass is 411 g/mol. The molecule has 0 spiro atoms. The van der Waals surface area contributed by atoms with Gasteiger partial charge in [0.2, 0.25) is 0 Å². The lowest BCUT2D eigenvalue weighted by Crippen LogP contribution is -2.45. The molecule has 4 rings (SSSR count). The molecule has 2 aromatic carbocycles. The minimum atomic E-state index is 0. The molecular formula is C23H26ClN3O2. The van der Waals surface area contributed by atoms with Crippen LogP contribution in [0.1, 0.15) is 21.5 Å². The third-order valence-electron chi connectivity index (χ3n) is 5.42. The zero-order valence-electron chi connectivity index (χ0n) is 17.0. The highest BCUT2D eigenvalue weighted by atomic mass is 35.5. The molecule has 0 amide bonds. The number of methoxy groups -OCH3 is 1. The van der Waals surface area contributed by atoms with Gasteiger partial charge >= 0.3 is 0 Å². The number of carbonyl (C=O) groups is 1. The Morgan fingerprint density at radius 2 is 1.72 bits per heavy atom. The van der Waals surface area contributed by atoms with Gasteiger partial charge in [-0.3, -0.25) is 9.78 Å². The van der Waals surface area contributed by atoms with Crippen molar-refractivity contribution in [1.82, 2.24) is 9.88 Å². The van der Waals surface area contributed by atoms with Crippen LogP contribution in [-0.4, -0.2) is 56.0 Å². The standard InChI is InChI=1S/C23H25N3O2.ClH/c1-16-4-6-17(7-5-16)23(27)20-15-24-21-9-8-18(28-3)14-19(21)22(20)26-12-10-25(2)11-13-26;/h4-9,14-15H,10-13H2,1-3H3;1H. The average Bonchev–Trinajstić information content (AvgIpc) is 2.73.